The number of nitrogens with zero attached hydrogens (tertiary/aromatic N) is 2. The summed E-state index contributed by atoms with van der Waals surface area (Å²) in [7, 11) is 2.52. The van der Waals surface area contributed by atoms with Crippen LogP contribution in [-0.4, -0.2) is 56.2 Å². The molecular weight excluding hydrogens is 577 g/mol. The Morgan fingerprint density at radius 1 is 1.21 bits per heavy atom. The molecule has 8 nitrogen and oxygen atoms in total. The molecule has 0 aliphatic carbocycles. The number of methoxy groups -OCH3 is 1. The SMILES string of the molecule is CO[C@H](c1ccccc1C[Si+]C(C)(C)C)[C@H]1CC[C@@H]2C(c3ccc(NC(=O)Cc4csc(N)n4)cc3)C(C)(C)OC(=O)N21. The standard InChI is InChI=1S/C33H42N4O4SSi/c1-32(2,3)43-19-21-9-7-8-10-24(21)29(40-6)26-16-15-25-28(33(4,5)41-31(39)37(25)26)20-11-13-22(14-12-20)35-27(38)17-23-18-42-30(34)36-23/h7-14,18,25-26,28-29H,15-17,19H2,1-6H3,(H2,34,36)(H,35,38)/q+1/t25-,26-,28?,29-/m1/s1. The Hall–Kier alpha value is -3.21. The molecule has 1 unspecified atom stereocenters. The molecule has 43 heavy (non-hydrogen) atoms. The third-order valence-corrected chi connectivity index (χ3v) is 10.7. The number of anilines is 2. The average Bonchev–Trinajstić information content (AvgIpc) is 3.55. The molecule has 2 aliphatic heterocycles. The summed E-state index contributed by atoms with van der Waals surface area (Å²) >= 11 is 1.32. The van der Waals surface area contributed by atoms with Gasteiger partial charge in [-0.05, 0) is 76.3 Å². The van der Waals surface area contributed by atoms with Gasteiger partial charge >= 0.3 is 15.6 Å². The van der Waals surface area contributed by atoms with Gasteiger partial charge in [0.25, 0.3) is 0 Å². The lowest BCUT2D eigenvalue weighted by molar-refractivity contribution is -0.115. The molecule has 10 heteroatoms. The second kappa shape index (κ2) is 12.4. The highest BCUT2D eigenvalue weighted by Crippen LogP contribution is 2.49. The highest BCUT2D eigenvalue weighted by atomic mass is 32.1. The molecule has 2 saturated heterocycles. The number of carbonyl (C=O) groups excluding carboxylic acids is 2. The van der Waals surface area contributed by atoms with Crippen molar-refractivity contribution < 1.29 is 19.1 Å². The van der Waals surface area contributed by atoms with E-state index >= 15 is 0 Å². The predicted octanol–water partition coefficient (Wildman–Crippen LogP) is 6.56. The van der Waals surface area contributed by atoms with Crippen molar-refractivity contribution in [2.24, 2.45) is 0 Å². The largest absolute Gasteiger partial charge is 0.492 e. The number of rotatable bonds is 9. The van der Waals surface area contributed by atoms with Gasteiger partial charge < -0.3 is 20.5 Å². The molecule has 0 bridgehead atoms. The zero-order valence-corrected chi connectivity index (χ0v) is 27.7. The Morgan fingerprint density at radius 3 is 2.58 bits per heavy atom. The van der Waals surface area contributed by atoms with E-state index in [1.807, 2.05) is 43.0 Å². The van der Waals surface area contributed by atoms with Crippen molar-refractivity contribution in [1.82, 2.24) is 9.88 Å². The Balaban J connectivity index is 1.36. The van der Waals surface area contributed by atoms with Crippen LogP contribution in [0.4, 0.5) is 15.6 Å². The van der Waals surface area contributed by atoms with Crippen LogP contribution in [0, 0.1) is 0 Å². The predicted molar refractivity (Wildman–Crippen MR) is 173 cm³/mol. The molecule has 0 spiro atoms. The molecule has 3 aromatic rings. The first-order valence-corrected chi connectivity index (χ1v) is 16.9. The second-order valence-corrected chi connectivity index (χ2v) is 16.1. The number of amides is 2. The third kappa shape index (κ3) is 6.97. The number of hydrogen-bond donors (Lipinski definition) is 2. The van der Waals surface area contributed by atoms with E-state index in [-0.39, 0.29) is 47.6 Å². The number of nitrogens with two attached hydrogens (primary N) is 1. The molecule has 0 saturated carbocycles. The number of hydrogen-bond acceptors (Lipinski definition) is 7. The number of cyclic esters (lactones) is 1. The fraction of sp³-hybridized carbons (Fsp3) is 0.485. The minimum absolute atomic E-state index is 0.0296. The Kier molecular flexibility index (Phi) is 9.01. The zero-order chi connectivity index (χ0) is 30.9. The minimum atomic E-state index is -0.698. The quantitative estimate of drug-likeness (QED) is 0.263. The van der Waals surface area contributed by atoms with E-state index in [0.29, 0.717) is 16.5 Å². The van der Waals surface area contributed by atoms with Gasteiger partial charge in [-0.3, -0.25) is 9.69 Å². The van der Waals surface area contributed by atoms with Gasteiger partial charge in [-0.1, -0.05) is 36.4 Å². The van der Waals surface area contributed by atoms with Crippen LogP contribution in [0.25, 0.3) is 0 Å². The summed E-state index contributed by atoms with van der Waals surface area (Å²) in [5, 5.41) is 5.44. The monoisotopic (exact) mass is 618 g/mol. The first kappa shape index (κ1) is 31.2. The zero-order valence-electron chi connectivity index (χ0n) is 25.8. The van der Waals surface area contributed by atoms with Crippen LogP contribution in [-0.2, 0) is 26.7 Å². The molecular formula is C33H42N4O4SSi+. The van der Waals surface area contributed by atoms with Crippen molar-refractivity contribution in [3.05, 3.63) is 76.3 Å². The van der Waals surface area contributed by atoms with Crippen LogP contribution >= 0.6 is 11.3 Å². The molecule has 2 fully saturated rings. The lowest BCUT2D eigenvalue weighted by atomic mass is 9.77. The molecule has 227 valence electrons. The van der Waals surface area contributed by atoms with Crippen LogP contribution in [0.1, 0.15) is 81.9 Å². The third-order valence-electron chi connectivity index (χ3n) is 8.41. The maximum absolute atomic E-state index is 13.6. The minimum Gasteiger partial charge on any atom is -0.443 e. The van der Waals surface area contributed by atoms with Crippen molar-refractivity contribution in [3.8, 4) is 0 Å². The average molecular weight is 619 g/mol. The number of aromatic nitrogens is 1. The fourth-order valence-electron chi connectivity index (χ4n) is 6.56. The number of benzene rings is 2. The number of carbonyl (C=O) groups is 2. The Bertz CT molecular complexity index is 1450. The van der Waals surface area contributed by atoms with E-state index in [9.17, 15) is 9.59 Å². The van der Waals surface area contributed by atoms with Crippen molar-refractivity contribution in [1.29, 1.82) is 0 Å². The van der Waals surface area contributed by atoms with E-state index in [0.717, 1.165) is 39.5 Å². The highest BCUT2D eigenvalue weighted by Gasteiger charge is 2.55. The number of thiazole rings is 1. The van der Waals surface area contributed by atoms with Gasteiger partial charge in [0.05, 0.1) is 18.2 Å². The summed E-state index contributed by atoms with van der Waals surface area (Å²) < 4.78 is 12.3. The number of nitrogen functional groups attached to an aromatic ring is 1. The first-order valence-electron chi connectivity index (χ1n) is 14.8. The highest BCUT2D eigenvalue weighted by molar-refractivity contribution is 7.13. The van der Waals surface area contributed by atoms with Crippen LogP contribution in [0.15, 0.2) is 53.9 Å². The van der Waals surface area contributed by atoms with Crippen molar-refractivity contribution in [2.45, 2.75) is 94.7 Å². The topological polar surface area (TPSA) is 107 Å². The summed E-state index contributed by atoms with van der Waals surface area (Å²) in [5.41, 5.74) is 9.86. The smallest absolute Gasteiger partial charge is 0.443 e. The van der Waals surface area contributed by atoms with Gasteiger partial charge in [-0.2, -0.15) is 0 Å². The van der Waals surface area contributed by atoms with Crippen LogP contribution < -0.4 is 11.1 Å². The van der Waals surface area contributed by atoms with E-state index in [1.54, 1.807) is 12.5 Å². The molecule has 5 rings (SSSR count). The van der Waals surface area contributed by atoms with E-state index in [1.165, 1.54) is 16.9 Å². The van der Waals surface area contributed by atoms with Crippen molar-refractivity contribution in [2.75, 3.05) is 18.2 Å². The normalized spacial score (nSPS) is 22.0. The molecule has 4 atom stereocenters. The summed E-state index contributed by atoms with van der Waals surface area (Å²) in [5.74, 6) is -0.197. The molecule has 3 N–H and O–H groups in total. The molecule has 2 aromatic carbocycles. The van der Waals surface area contributed by atoms with Gasteiger partial charge in [0.1, 0.15) is 22.8 Å². The maximum Gasteiger partial charge on any atom is 0.492 e. The Labute approximate surface area is 261 Å². The van der Waals surface area contributed by atoms with E-state index in [4.69, 9.17) is 15.2 Å². The molecule has 2 amide bonds. The van der Waals surface area contributed by atoms with Gasteiger partial charge in [-0.25, -0.2) is 9.78 Å². The van der Waals surface area contributed by atoms with Gasteiger partial charge in [0.15, 0.2) is 5.13 Å². The molecule has 1 radical (unpaired) electrons. The number of ether oxygens (including phenoxy) is 2. The number of fused-ring (bicyclic) bond motifs is 1. The van der Waals surface area contributed by atoms with Crippen LogP contribution in [0.2, 0.25) is 5.04 Å². The number of nitrogens with one attached hydrogen (secondary N) is 1. The van der Waals surface area contributed by atoms with Gasteiger partial charge in [-0.15, -0.1) is 11.3 Å². The van der Waals surface area contributed by atoms with E-state index in [2.05, 4.69) is 55.3 Å². The fourth-order valence-corrected chi connectivity index (χ4v) is 8.17. The summed E-state index contributed by atoms with van der Waals surface area (Å²) in [6.07, 6.45) is 1.33. The first-order chi connectivity index (χ1) is 20.4. The second-order valence-electron chi connectivity index (χ2n) is 13.1. The van der Waals surface area contributed by atoms with Crippen LogP contribution in [0.3, 0.4) is 0 Å². The van der Waals surface area contributed by atoms with E-state index < -0.39 is 5.60 Å². The van der Waals surface area contributed by atoms with Gasteiger partial charge in [0, 0.05) is 30.1 Å². The van der Waals surface area contributed by atoms with Crippen LogP contribution in [0.5, 0.6) is 0 Å². The van der Waals surface area contributed by atoms with Crippen molar-refractivity contribution >= 4 is 43.7 Å². The lowest BCUT2D eigenvalue weighted by Gasteiger charge is -2.48. The van der Waals surface area contributed by atoms with Crippen molar-refractivity contribution in [3.63, 3.8) is 0 Å². The van der Waals surface area contributed by atoms with Gasteiger partial charge in [0.2, 0.25) is 5.91 Å². The maximum atomic E-state index is 13.6. The molecule has 1 aromatic heterocycles. The summed E-state index contributed by atoms with van der Waals surface area (Å²) in [6, 6.07) is 17.2. The lowest BCUT2D eigenvalue weighted by Crippen LogP contribution is -2.58. The summed E-state index contributed by atoms with van der Waals surface area (Å²) in [6.45, 7) is 10.8. The Morgan fingerprint density at radius 2 is 1.93 bits per heavy atom. The molecule has 3 heterocycles. The summed E-state index contributed by atoms with van der Waals surface area (Å²) in [4.78, 5) is 32.3. The molecule has 2 aliphatic rings.